The maximum absolute atomic E-state index is 12.7. The van der Waals surface area contributed by atoms with Crippen LogP contribution < -0.4 is 0 Å². The van der Waals surface area contributed by atoms with E-state index in [0.717, 1.165) is 12.1 Å². The van der Waals surface area contributed by atoms with Crippen molar-refractivity contribution in [3.8, 4) is 0 Å². The van der Waals surface area contributed by atoms with Crippen molar-refractivity contribution in [1.82, 2.24) is 0 Å². The van der Waals surface area contributed by atoms with E-state index in [1.165, 1.54) is 0 Å². The molecule has 0 aromatic heterocycles. The molecular weight excluding hydrogens is 186 g/mol. The van der Waals surface area contributed by atoms with Crippen molar-refractivity contribution in [2.75, 3.05) is 0 Å². The van der Waals surface area contributed by atoms with Gasteiger partial charge in [0.2, 0.25) is 0 Å². The van der Waals surface area contributed by atoms with Gasteiger partial charge in [-0.25, -0.2) is 13.6 Å². The minimum Gasteiger partial charge on any atom is -0.478 e. The topological polar surface area (TPSA) is 37.3 Å². The Balaban J connectivity index is 3.43. The van der Waals surface area contributed by atoms with Crippen molar-refractivity contribution >= 4 is 18.6 Å². The fourth-order valence-electron chi connectivity index (χ4n) is 0.745. The molecule has 1 aromatic rings. The van der Waals surface area contributed by atoms with Crippen LogP contribution >= 0.6 is 12.6 Å². The molecule has 12 heavy (non-hydrogen) atoms. The van der Waals surface area contributed by atoms with Crippen LogP contribution in [-0.4, -0.2) is 11.1 Å². The van der Waals surface area contributed by atoms with Gasteiger partial charge >= 0.3 is 5.97 Å². The number of carbonyl (C=O) groups is 1. The molecule has 1 aromatic carbocycles. The van der Waals surface area contributed by atoms with Crippen LogP contribution in [0.25, 0.3) is 0 Å². The lowest BCUT2D eigenvalue weighted by Gasteiger charge is -2.01. The minimum atomic E-state index is -1.53. The van der Waals surface area contributed by atoms with Crippen LogP contribution in [0.1, 0.15) is 10.4 Å². The molecule has 0 atom stereocenters. The molecule has 0 heterocycles. The zero-order chi connectivity index (χ0) is 9.30. The second kappa shape index (κ2) is 3.10. The molecule has 0 aliphatic carbocycles. The van der Waals surface area contributed by atoms with E-state index in [-0.39, 0.29) is 0 Å². The first kappa shape index (κ1) is 8.99. The molecule has 0 aliphatic heterocycles. The van der Waals surface area contributed by atoms with Gasteiger partial charge in [-0.05, 0) is 12.1 Å². The van der Waals surface area contributed by atoms with Crippen LogP contribution in [-0.2, 0) is 0 Å². The molecule has 5 heteroatoms. The van der Waals surface area contributed by atoms with Gasteiger partial charge in [-0.2, -0.15) is 0 Å². The highest BCUT2D eigenvalue weighted by Crippen LogP contribution is 2.20. The zero-order valence-corrected chi connectivity index (χ0v) is 6.61. The quantitative estimate of drug-likeness (QED) is 0.664. The maximum atomic E-state index is 12.7. The molecule has 1 rings (SSSR count). The lowest BCUT2D eigenvalue weighted by Crippen LogP contribution is -2.03. The normalized spacial score (nSPS) is 9.92. The van der Waals surface area contributed by atoms with Gasteiger partial charge in [-0.1, -0.05) is 0 Å². The highest BCUT2D eigenvalue weighted by Gasteiger charge is 2.16. The van der Waals surface area contributed by atoms with Crippen molar-refractivity contribution in [2.24, 2.45) is 0 Å². The largest absolute Gasteiger partial charge is 0.478 e. The second-order valence-electron chi connectivity index (χ2n) is 2.06. The minimum absolute atomic E-state index is 0.484. The summed E-state index contributed by atoms with van der Waals surface area (Å²) >= 11 is 3.52. The van der Waals surface area contributed by atoms with Gasteiger partial charge in [0.15, 0.2) is 0 Å². The van der Waals surface area contributed by atoms with Crippen LogP contribution in [0.15, 0.2) is 17.0 Å². The summed E-state index contributed by atoms with van der Waals surface area (Å²) in [5, 5.41) is 8.42. The molecule has 0 radical (unpaired) electrons. The van der Waals surface area contributed by atoms with Crippen molar-refractivity contribution in [1.29, 1.82) is 0 Å². The summed E-state index contributed by atoms with van der Waals surface area (Å²) in [4.78, 5) is 9.86. The second-order valence-corrected chi connectivity index (χ2v) is 2.51. The monoisotopic (exact) mass is 190 g/mol. The van der Waals surface area contributed by atoms with Crippen molar-refractivity contribution in [2.45, 2.75) is 4.90 Å². The number of aromatic carboxylic acids is 1. The van der Waals surface area contributed by atoms with Crippen LogP contribution in [0.3, 0.4) is 0 Å². The smallest absolute Gasteiger partial charge is 0.339 e. The average Bonchev–Trinajstić information content (AvgIpc) is 1.97. The first-order chi connectivity index (χ1) is 5.54. The molecule has 0 saturated heterocycles. The van der Waals surface area contributed by atoms with Gasteiger partial charge in [0, 0.05) is 0 Å². The lowest BCUT2D eigenvalue weighted by atomic mass is 10.2. The van der Waals surface area contributed by atoms with Crippen molar-refractivity contribution < 1.29 is 18.7 Å². The maximum Gasteiger partial charge on any atom is 0.339 e. The number of benzene rings is 1. The Hall–Kier alpha value is -1.10. The SMILES string of the molecule is O=C(O)c1c(F)ccc(F)c1S. The summed E-state index contributed by atoms with van der Waals surface area (Å²) in [7, 11) is 0. The number of thiol groups is 1. The molecule has 64 valence electrons. The average molecular weight is 190 g/mol. The van der Waals surface area contributed by atoms with E-state index in [0.29, 0.717) is 0 Å². The third-order valence-electron chi connectivity index (χ3n) is 1.29. The van der Waals surface area contributed by atoms with Crippen LogP contribution in [0.2, 0.25) is 0 Å². The summed E-state index contributed by atoms with van der Waals surface area (Å²) in [6.45, 7) is 0. The van der Waals surface area contributed by atoms with E-state index >= 15 is 0 Å². The van der Waals surface area contributed by atoms with Gasteiger partial charge in [0.1, 0.15) is 17.2 Å². The Morgan fingerprint density at radius 3 is 2.25 bits per heavy atom. The summed E-state index contributed by atoms with van der Waals surface area (Å²) in [5.74, 6) is -3.37. The van der Waals surface area contributed by atoms with E-state index in [4.69, 9.17) is 5.11 Å². The molecule has 2 nitrogen and oxygen atoms in total. The molecule has 0 unspecified atom stereocenters. The third-order valence-corrected chi connectivity index (χ3v) is 1.73. The first-order valence-electron chi connectivity index (χ1n) is 2.94. The predicted octanol–water partition coefficient (Wildman–Crippen LogP) is 1.95. The molecule has 0 fully saturated rings. The van der Waals surface area contributed by atoms with E-state index < -0.39 is 28.1 Å². The third kappa shape index (κ3) is 1.40. The van der Waals surface area contributed by atoms with Crippen LogP contribution in [0, 0.1) is 11.6 Å². The lowest BCUT2D eigenvalue weighted by molar-refractivity contribution is 0.0686. The number of hydrogen-bond donors (Lipinski definition) is 2. The molecule has 0 saturated carbocycles. The number of rotatable bonds is 1. The van der Waals surface area contributed by atoms with Gasteiger partial charge < -0.3 is 5.11 Å². The Labute approximate surface area is 72.2 Å². The summed E-state index contributed by atoms with van der Waals surface area (Å²) in [6.07, 6.45) is 0. The number of carboxylic acids is 1. The van der Waals surface area contributed by atoms with E-state index in [1.54, 1.807) is 0 Å². The van der Waals surface area contributed by atoms with Gasteiger partial charge in [0.05, 0.1) is 4.90 Å². The molecule has 0 aliphatic rings. The Bertz CT molecular complexity index is 338. The van der Waals surface area contributed by atoms with Gasteiger partial charge in [-0.15, -0.1) is 12.6 Å². The Morgan fingerprint density at radius 1 is 1.33 bits per heavy atom. The van der Waals surface area contributed by atoms with E-state index in [9.17, 15) is 13.6 Å². The van der Waals surface area contributed by atoms with Crippen LogP contribution in [0.5, 0.6) is 0 Å². The fourth-order valence-corrected chi connectivity index (χ4v) is 1.02. The highest BCUT2D eigenvalue weighted by atomic mass is 32.1. The zero-order valence-electron chi connectivity index (χ0n) is 5.71. The summed E-state index contributed by atoms with van der Waals surface area (Å²) < 4.78 is 25.3. The summed E-state index contributed by atoms with van der Waals surface area (Å²) in [5.41, 5.74) is -0.738. The van der Waals surface area contributed by atoms with Gasteiger partial charge in [-0.3, -0.25) is 0 Å². The predicted molar refractivity (Wildman–Crippen MR) is 40.6 cm³/mol. The highest BCUT2D eigenvalue weighted by molar-refractivity contribution is 7.80. The molecule has 1 N–H and O–H groups in total. The van der Waals surface area contributed by atoms with Crippen LogP contribution in [0.4, 0.5) is 8.78 Å². The van der Waals surface area contributed by atoms with Gasteiger partial charge in [0.25, 0.3) is 0 Å². The summed E-state index contributed by atoms with van der Waals surface area (Å²) in [6, 6.07) is 1.57. The molecule has 0 amide bonds. The number of hydrogen-bond acceptors (Lipinski definition) is 2. The standard InChI is InChI=1S/C7H4F2O2S/c8-3-1-2-4(9)6(12)5(3)7(10)11/h1-2,12H,(H,10,11). The molecular formula is C7H4F2O2S. The molecule has 0 bridgehead atoms. The van der Waals surface area contributed by atoms with E-state index in [1.807, 2.05) is 0 Å². The number of halogens is 2. The first-order valence-corrected chi connectivity index (χ1v) is 3.39. The molecule has 0 spiro atoms. The Morgan fingerprint density at radius 2 is 1.83 bits per heavy atom. The Kier molecular flexibility index (Phi) is 2.32. The number of carboxylic acid groups (broad SMARTS) is 1. The van der Waals surface area contributed by atoms with Crippen molar-refractivity contribution in [3.63, 3.8) is 0 Å². The fraction of sp³-hybridized carbons (Fsp3) is 0. The van der Waals surface area contributed by atoms with Crippen molar-refractivity contribution in [3.05, 3.63) is 29.3 Å². The van der Waals surface area contributed by atoms with E-state index in [2.05, 4.69) is 12.6 Å².